The van der Waals surface area contributed by atoms with Crippen LogP contribution < -0.4 is 9.47 Å². The van der Waals surface area contributed by atoms with Crippen molar-refractivity contribution in [2.75, 3.05) is 13.7 Å². The molecular weight excluding hydrogens is 432 g/mol. The van der Waals surface area contributed by atoms with Crippen LogP contribution in [0.5, 0.6) is 11.5 Å². The molecule has 0 saturated carbocycles. The SMILES string of the molecule is CCOc1cc(C(=O)OCc2csc(-c3ccccc3Cl)n2)c([N+](=O)[O-])cc1OC. The number of carbonyl (C=O) groups excluding carboxylic acids is 1. The van der Waals surface area contributed by atoms with Gasteiger partial charge in [0.05, 0.1) is 35.4 Å². The van der Waals surface area contributed by atoms with E-state index in [1.165, 1.54) is 24.5 Å². The lowest BCUT2D eigenvalue weighted by molar-refractivity contribution is -0.385. The fourth-order valence-corrected chi connectivity index (χ4v) is 3.77. The first-order valence-electron chi connectivity index (χ1n) is 8.80. The van der Waals surface area contributed by atoms with Crippen LogP contribution in [0.2, 0.25) is 5.02 Å². The Morgan fingerprint density at radius 1 is 1.27 bits per heavy atom. The molecule has 10 heteroatoms. The van der Waals surface area contributed by atoms with Gasteiger partial charge in [-0.25, -0.2) is 9.78 Å². The first-order valence-corrected chi connectivity index (χ1v) is 10.1. The minimum Gasteiger partial charge on any atom is -0.493 e. The maximum absolute atomic E-state index is 12.6. The van der Waals surface area contributed by atoms with Crippen LogP contribution in [0.4, 0.5) is 5.69 Å². The smallest absolute Gasteiger partial charge is 0.345 e. The van der Waals surface area contributed by atoms with Crippen LogP contribution in [-0.4, -0.2) is 29.6 Å². The number of carbonyl (C=O) groups is 1. The van der Waals surface area contributed by atoms with E-state index in [9.17, 15) is 14.9 Å². The highest BCUT2D eigenvalue weighted by Crippen LogP contribution is 2.35. The molecule has 2 aromatic carbocycles. The fraction of sp³-hybridized carbons (Fsp3) is 0.200. The van der Waals surface area contributed by atoms with E-state index < -0.39 is 16.6 Å². The van der Waals surface area contributed by atoms with Crippen LogP contribution >= 0.6 is 22.9 Å². The van der Waals surface area contributed by atoms with E-state index in [0.29, 0.717) is 22.3 Å². The van der Waals surface area contributed by atoms with Gasteiger partial charge in [-0.1, -0.05) is 29.8 Å². The Kier molecular flexibility index (Phi) is 6.86. The Morgan fingerprint density at radius 2 is 2.03 bits per heavy atom. The summed E-state index contributed by atoms with van der Waals surface area (Å²) in [5.74, 6) is -0.492. The quantitative estimate of drug-likeness (QED) is 0.267. The highest BCUT2D eigenvalue weighted by molar-refractivity contribution is 7.13. The van der Waals surface area contributed by atoms with Crippen molar-refractivity contribution in [2.24, 2.45) is 0 Å². The number of aromatic nitrogens is 1. The van der Waals surface area contributed by atoms with Gasteiger partial charge in [-0.15, -0.1) is 11.3 Å². The monoisotopic (exact) mass is 448 g/mol. The topological polar surface area (TPSA) is 101 Å². The van der Waals surface area contributed by atoms with Gasteiger partial charge in [-0.05, 0) is 13.0 Å². The van der Waals surface area contributed by atoms with Gasteiger partial charge in [0.2, 0.25) is 0 Å². The molecule has 0 N–H and O–H groups in total. The van der Waals surface area contributed by atoms with Gasteiger partial charge in [0.25, 0.3) is 5.69 Å². The van der Waals surface area contributed by atoms with Crippen LogP contribution in [0, 0.1) is 10.1 Å². The van der Waals surface area contributed by atoms with Crippen molar-refractivity contribution in [3.8, 4) is 22.1 Å². The molecule has 0 spiro atoms. The van der Waals surface area contributed by atoms with E-state index in [-0.39, 0.29) is 23.7 Å². The lowest BCUT2D eigenvalue weighted by atomic mass is 10.1. The minimum atomic E-state index is -0.863. The molecule has 0 unspecified atom stereocenters. The number of rotatable bonds is 8. The fourth-order valence-electron chi connectivity index (χ4n) is 2.64. The van der Waals surface area contributed by atoms with Crippen molar-refractivity contribution >= 4 is 34.6 Å². The van der Waals surface area contributed by atoms with Crippen molar-refractivity contribution < 1.29 is 23.9 Å². The zero-order chi connectivity index (χ0) is 21.7. The summed E-state index contributed by atoms with van der Waals surface area (Å²) in [6.07, 6.45) is 0. The molecular formula is C20H17ClN2O6S. The second-order valence-corrected chi connectivity index (χ2v) is 7.18. The zero-order valence-electron chi connectivity index (χ0n) is 16.1. The molecule has 0 amide bonds. The number of nitrogens with zero attached hydrogens (tertiary/aromatic N) is 2. The molecule has 30 heavy (non-hydrogen) atoms. The maximum atomic E-state index is 12.6. The molecule has 3 aromatic rings. The number of halogens is 1. The summed E-state index contributed by atoms with van der Waals surface area (Å²) in [5.41, 5.74) is 0.611. The lowest BCUT2D eigenvalue weighted by Gasteiger charge is -2.11. The predicted octanol–water partition coefficient (Wildman–Crippen LogP) is 5.14. The first kappa shape index (κ1) is 21.5. The highest BCUT2D eigenvalue weighted by Gasteiger charge is 2.26. The molecule has 8 nitrogen and oxygen atoms in total. The molecule has 3 rings (SSSR count). The second-order valence-electron chi connectivity index (χ2n) is 5.91. The first-order chi connectivity index (χ1) is 14.4. The normalized spacial score (nSPS) is 10.5. The van der Waals surface area contributed by atoms with Crippen LogP contribution in [0.25, 0.3) is 10.6 Å². The van der Waals surface area contributed by atoms with Crippen LogP contribution in [0.15, 0.2) is 41.8 Å². The van der Waals surface area contributed by atoms with Gasteiger partial charge < -0.3 is 14.2 Å². The molecule has 0 atom stereocenters. The Balaban J connectivity index is 1.80. The van der Waals surface area contributed by atoms with Gasteiger partial charge in [-0.3, -0.25) is 10.1 Å². The number of ether oxygens (including phenoxy) is 3. The molecule has 0 aliphatic rings. The number of hydrogen-bond acceptors (Lipinski definition) is 8. The average molecular weight is 449 g/mol. The van der Waals surface area contributed by atoms with Crippen molar-refractivity contribution in [1.82, 2.24) is 4.98 Å². The van der Waals surface area contributed by atoms with Crippen LogP contribution in [0.3, 0.4) is 0 Å². The van der Waals surface area contributed by atoms with E-state index in [1.54, 1.807) is 18.4 Å². The third-order valence-electron chi connectivity index (χ3n) is 4.01. The minimum absolute atomic E-state index is 0.146. The average Bonchev–Trinajstić information content (AvgIpc) is 3.21. The standard InChI is InChI=1S/C20H17ClN2O6S/c1-3-28-18-8-14(16(23(25)26)9-17(18)27-2)20(24)29-10-12-11-30-19(22-12)13-6-4-5-7-15(13)21/h4-9,11H,3,10H2,1-2H3. The number of nitro benzene ring substituents is 1. The van der Waals surface area contributed by atoms with Gasteiger partial charge in [-0.2, -0.15) is 0 Å². The predicted molar refractivity (Wildman–Crippen MR) is 112 cm³/mol. The van der Waals surface area contributed by atoms with Crippen molar-refractivity contribution in [3.05, 3.63) is 68.2 Å². The molecule has 0 saturated heterocycles. The lowest BCUT2D eigenvalue weighted by Crippen LogP contribution is -2.10. The molecule has 0 aliphatic carbocycles. The third kappa shape index (κ3) is 4.69. The van der Waals surface area contributed by atoms with Gasteiger partial charge >= 0.3 is 5.97 Å². The number of nitro groups is 1. The largest absolute Gasteiger partial charge is 0.493 e. The van der Waals surface area contributed by atoms with E-state index in [2.05, 4.69) is 4.98 Å². The second kappa shape index (κ2) is 9.55. The maximum Gasteiger partial charge on any atom is 0.345 e. The number of thiazole rings is 1. The zero-order valence-corrected chi connectivity index (χ0v) is 17.7. The molecule has 1 heterocycles. The van der Waals surface area contributed by atoms with Crippen molar-refractivity contribution in [3.63, 3.8) is 0 Å². The van der Waals surface area contributed by atoms with Crippen molar-refractivity contribution in [1.29, 1.82) is 0 Å². The summed E-state index contributed by atoms with van der Waals surface area (Å²) in [7, 11) is 1.36. The van der Waals surface area contributed by atoms with Crippen LogP contribution in [0.1, 0.15) is 23.0 Å². The summed E-state index contributed by atoms with van der Waals surface area (Å²) in [4.78, 5) is 27.7. The van der Waals surface area contributed by atoms with E-state index in [0.717, 1.165) is 11.6 Å². The molecule has 156 valence electrons. The summed E-state index contributed by atoms with van der Waals surface area (Å²) in [6, 6.07) is 9.66. The summed E-state index contributed by atoms with van der Waals surface area (Å²) < 4.78 is 15.8. The Morgan fingerprint density at radius 3 is 2.70 bits per heavy atom. The van der Waals surface area contributed by atoms with Crippen LogP contribution in [-0.2, 0) is 11.3 Å². The number of benzene rings is 2. The molecule has 0 fully saturated rings. The number of hydrogen-bond donors (Lipinski definition) is 0. The molecule has 0 aliphatic heterocycles. The summed E-state index contributed by atoms with van der Waals surface area (Å²) in [5, 5.41) is 14.4. The molecule has 0 bridgehead atoms. The molecule has 0 radical (unpaired) electrons. The van der Waals surface area contributed by atoms with Gasteiger partial charge in [0.1, 0.15) is 17.2 Å². The number of esters is 1. The van der Waals surface area contributed by atoms with Crippen molar-refractivity contribution in [2.45, 2.75) is 13.5 Å². The van der Waals surface area contributed by atoms with E-state index in [4.69, 9.17) is 25.8 Å². The Bertz CT molecular complexity index is 1080. The third-order valence-corrected chi connectivity index (χ3v) is 5.26. The molecule has 1 aromatic heterocycles. The Labute approximate surface area is 181 Å². The van der Waals surface area contributed by atoms with E-state index >= 15 is 0 Å². The Hall–Kier alpha value is -3.17. The van der Waals surface area contributed by atoms with Gasteiger partial charge in [0.15, 0.2) is 11.5 Å². The van der Waals surface area contributed by atoms with Gasteiger partial charge in [0, 0.05) is 17.0 Å². The summed E-state index contributed by atoms with van der Waals surface area (Å²) in [6.45, 7) is 1.90. The summed E-state index contributed by atoms with van der Waals surface area (Å²) >= 11 is 7.54. The number of methoxy groups -OCH3 is 1. The van der Waals surface area contributed by atoms with E-state index in [1.807, 2.05) is 18.2 Å². The highest BCUT2D eigenvalue weighted by atomic mass is 35.5.